The van der Waals surface area contributed by atoms with Gasteiger partial charge in [0, 0.05) is 26.1 Å². The zero-order valence-corrected chi connectivity index (χ0v) is 17.3. The first-order chi connectivity index (χ1) is 13.7. The molecule has 29 heavy (non-hydrogen) atoms. The van der Waals surface area contributed by atoms with Gasteiger partial charge >= 0.3 is 5.97 Å². The summed E-state index contributed by atoms with van der Waals surface area (Å²) in [5.74, 6) is -0.209. The average Bonchev–Trinajstić information content (AvgIpc) is 2.96. The summed E-state index contributed by atoms with van der Waals surface area (Å²) in [6.45, 7) is 0.933. The molecule has 1 atom stereocenters. The summed E-state index contributed by atoms with van der Waals surface area (Å²) in [6, 6.07) is 8.14. The summed E-state index contributed by atoms with van der Waals surface area (Å²) in [5, 5.41) is 16.1. The number of hydrogen-bond acceptors (Lipinski definition) is 7. The predicted molar refractivity (Wildman–Crippen MR) is 103 cm³/mol. The van der Waals surface area contributed by atoms with Gasteiger partial charge < -0.3 is 14.7 Å². The number of nitriles is 1. The zero-order chi connectivity index (χ0) is 21.7. The Bertz CT molecular complexity index is 885. The van der Waals surface area contributed by atoms with Crippen LogP contribution < -0.4 is 0 Å². The number of nitrogens with zero attached hydrogens (tertiary/aromatic N) is 3. The number of cyclic esters (lactones) is 1. The molecule has 0 aliphatic carbocycles. The summed E-state index contributed by atoms with van der Waals surface area (Å²) in [7, 11) is 0.112. The van der Waals surface area contributed by atoms with Crippen LogP contribution in [0.4, 0.5) is 0 Å². The van der Waals surface area contributed by atoms with Crippen molar-refractivity contribution in [2.45, 2.75) is 30.3 Å². The van der Waals surface area contributed by atoms with E-state index in [1.807, 2.05) is 25.1 Å². The van der Waals surface area contributed by atoms with E-state index in [0.29, 0.717) is 25.8 Å². The van der Waals surface area contributed by atoms with Gasteiger partial charge in [-0.1, -0.05) is 12.1 Å². The lowest BCUT2D eigenvalue weighted by atomic mass is 9.76. The van der Waals surface area contributed by atoms with Gasteiger partial charge in [-0.15, -0.1) is 0 Å². The van der Waals surface area contributed by atoms with Crippen LogP contribution in [0.3, 0.4) is 0 Å². The molecule has 0 amide bonds. The summed E-state index contributed by atoms with van der Waals surface area (Å²) in [4.78, 5) is 22.8. The Hall–Kier alpha value is -2.48. The molecule has 2 fully saturated rings. The molecule has 3 rings (SSSR count). The topological polar surface area (TPSA) is 128 Å². The molecule has 1 unspecified atom stereocenters. The van der Waals surface area contributed by atoms with Crippen molar-refractivity contribution in [3.8, 4) is 6.07 Å². The molecule has 0 aromatic heterocycles. The highest BCUT2D eigenvalue weighted by atomic mass is 32.2. The fourth-order valence-corrected chi connectivity index (χ4v) is 5.42. The summed E-state index contributed by atoms with van der Waals surface area (Å²) in [5.41, 5.74) is -0.444. The summed E-state index contributed by atoms with van der Waals surface area (Å²) in [6.07, 6.45) is 1.39. The first-order valence-corrected chi connectivity index (χ1v) is 10.6. The fourth-order valence-electron chi connectivity index (χ4n) is 3.83. The molecule has 0 bridgehead atoms. The number of esters is 1. The van der Waals surface area contributed by atoms with E-state index >= 15 is 0 Å². The van der Waals surface area contributed by atoms with E-state index in [1.54, 1.807) is 12.1 Å². The third-order valence-corrected chi connectivity index (χ3v) is 7.16. The molecule has 1 spiro atoms. The van der Waals surface area contributed by atoms with Gasteiger partial charge in [0.25, 0.3) is 6.47 Å². The SMILES string of the molecule is CN(C)CC1CC2(CCN(S(=O)(=O)c3ccccc3C#N)CC2)C(=O)O1.O=CO. The van der Waals surface area contributed by atoms with Gasteiger partial charge in [-0.3, -0.25) is 9.59 Å². The lowest BCUT2D eigenvalue weighted by Crippen LogP contribution is -2.45. The van der Waals surface area contributed by atoms with Crippen LogP contribution in [0.15, 0.2) is 29.2 Å². The summed E-state index contributed by atoms with van der Waals surface area (Å²) >= 11 is 0. The lowest BCUT2D eigenvalue weighted by Gasteiger charge is -2.35. The first-order valence-electron chi connectivity index (χ1n) is 9.13. The molecule has 2 saturated heterocycles. The monoisotopic (exact) mass is 423 g/mol. The van der Waals surface area contributed by atoms with Crippen molar-refractivity contribution in [1.82, 2.24) is 9.21 Å². The summed E-state index contributed by atoms with van der Waals surface area (Å²) < 4.78 is 32.7. The number of piperidine rings is 1. The van der Waals surface area contributed by atoms with E-state index < -0.39 is 15.4 Å². The Morgan fingerprint density at radius 1 is 1.34 bits per heavy atom. The predicted octanol–water partition coefficient (Wildman–Crippen LogP) is 0.907. The van der Waals surface area contributed by atoms with Gasteiger partial charge in [0.2, 0.25) is 10.0 Å². The van der Waals surface area contributed by atoms with E-state index in [9.17, 15) is 18.5 Å². The van der Waals surface area contributed by atoms with Gasteiger partial charge in [0.15, 0.2) is 0 Å². The molecule has 1 N–H and O–H groups in total. The number of hydrogen-bond donors (Lipinski definition) is 1. The van der Waals surface area contributed by atoms with Crippen molar-refractivity contribution in [1.29, 1.82) is 5.26 Å². The standard InChI is InChI=1S/C18H23N3O4S.CH2O2/c1-20(2)13-15-11-18(17(22)25-15)7-9-21(10-8-18)26(23,24)16-6-4-3-5-14(16)12-19;2-1-3/h3-6,15H,7-11,13H2,1-2H3;1H,(H,2,3). The van der Waals surface area contributed by atoms with Crippen LogP contribution >= 0.6 is 0 Å². The number of rotatable bonds is 4. The van der Waals surface area contributed by atoms with Crippen LogP contribution in [0.1, 0.15) is 24.8 Å². The van der Waals surface area contributed by atoms with E-state index in [1.165, 1.54) is 16.4 Å². The van der Waals surface area contributed by atoms with Crippen LogP contribution in [0.2, 0.25) is 0 Å². The number of likely N-dealkylation sites (N-methyl/N-ethyl adjacent to an activating group) is 1. The number of ether oxygens (including phenoxy) is 1. The maximum Gasteiger partial charge on any atom is 0.312 e. The molecular weight excluding hydrogens is 398 g/mol. The first kappa shape index (κ1) is 22.8. The van der Waals surface area contributed by atoms with Crippen LogP contribution in [0.5, 0.6) is 0 Å². The van der Waals surface area contributed by atoms with Gasteiger partial charge in [0.1, 0.15) is 12.2 Å². The van der Waals surface area contributed by atoms with Crippen molar-refractivity contribution in [2.75, 3.05) is 33.7 Å². The normalized spacial score (nSPS) is 21.2. The number of sulfonamides is 1. The Labute approximate surface area is 170 Å². The van der Waals surface area contributed by atoms with Gasteiger partial charge in [-0.25, -0.2) is 8.42 Å². The smallest absolute Gasteiger partial charge is 0.312 e. The Morgan fingerprint density at radius 2 is 1.93 bits per heavy atom. The quantitative estimate of drug-likeness (QED) is 0.559. The van der Waals surface area contributed by atoms with Crippen LogP contribution in [-0.4, -0.2) is 75.0 Å². The molecule has 1 aromatic carbocycles. The number of carbonyl (C=O) groups excluding carboxylic acids is 1. The molecule has 2 aliphatic rings. The second-order valence-corrected chi connectivity index (χ2v) is 9.30. The van der Waals surface area contributed by atoms with Crippen molar-refractivity contribution >= 4 is 22.5 Å². The highest BCUT2D eigenvalue weighted by molar-refractivity contribution is 7.89. The Balaban J connectivity index is 0.000000941. The van der Waals surface area contributed by atoms with E-state index in [-0.39, 0.29) is 42.1 Å². The third-order valence-electron chi connectivity index (χ3n) is 5.20. The van der Waals surface area contributed by atoms with Gasteiger partial charge in [-0.2, -0.15) is 9.57 Å². The second-order valence-electron chi connectivity index (χ2n) is 7.39. The molecule has 1 aromatic rings. The van der Waals surface area contributed by atoms with Gasteiger partial charge in [-0.05, 0) is 39.1 Å². The minimum atomic E-state index is -3.75. The number of carboxylic acid groups (broad SMARTS) is 1. The minimum absolute atomic E-state index is 0.0259. The largest absolute Gasteiger partial charge is 0.483 e. The number of benzene rings is 1. The van der Waals surface area contributed by atoms with E-state index in [0.717, 1.165) is 0 Å². The van der Waals surface area contributed by atoms with Crippen molar-refractivity contribution < 1.29 is 27.9 Å². The van der Waals surface area contributed by atoms with Crippen molar-refractivity contribution in [3.63, 3.8) is 0 Å². The molecule has 2 aliphatic heterocycles. The maximum absolute atomic E-state index is 12.9. The Morgan fingerprint density at radius 3 is 2.48 bits per heavy atom. The molecule has 2 heterocycles. The highest BCUT2D eigenvalue weighted by Gasteiger charge is 2.51. The third kappa shape index (κ3) is 4.93. The average molecular weight is 423 g/mol. The molecule has 0 radical (unpaired) electrons. The van der Waals surface area contributed by atoms with Gasteiger partial charge in [0.05, 0.1) is 15.9 Å². The van der Waals surface area contributed by atoms with E-state index in [4.69, 9.17) is 14.6 Å². The van der Waals surface area contributed by atoms with Crippen LogP contribution in [-0.2, 0) is 24.3 Å². The molecular formula is C19H25N3O6S. The van der Waals surface area contributed by atoms with Crippen molar-refractivity contribution in [3.05, 3.63) is 29.8 Å². The highest BCUT2D eigenvalue weighted by Crippen LogP contribution is 2.44. The second kappa shape index (κ2) is 9.35. The Kier molecular flexibility index (Phi) is 7.35. The fraction of sp³-hybridized carbons (Fsp3) is 0.526. The van der Waals surface area contributed by atoms with E-state index in [2.05, 4.69) is 0 Å². The molecule has 0 saturated carbocycles. The zero-order valence-electron chi connectivity index (χ0n) is 16.4. The van der Waals surface area contributed by atoms with Crippen LogP contribution in [0, 0.1) is 16.7 Å². The van der Waals surface area contributed by atoms with Crippen molar-refractivity contribution in [2.24, 2.45) is 5.41 Å². The maximum atomic E-state index is 12.9. The molecule has 9 nitrogen and oxygen atoms in total. The molecule has 10 heteroatoms. The molecule has 158 valence electrons. The minimum Gasteiger partial charge on any atom is -0.483 e. The van der Waals surface area contributed by atoms with Crippen LogP contribution in [0.25, 0.3) is 0 Å². The lowest BCUT2D eigenvalue weighted by molar-refractivity contribution is -0.150. The number of carbonyl (C=O) groups is 2.